The number of ether oxygens (including phenoxy) is 1. The van der Waals surface area contributed by atoms with Crippen LogP contribution in [0.15, 0.2) is 0 Å². The molecule has 0 aromatic rings. The number of nitrogens with one attached hydrogen (secondary N) is 1. The zero-order chi connectivity index (χ0) is 14.5. The Morgan fingerprint density at radius 2 is 1.67 bits per heavy atom. The van der Waals surface area contributed by atoms with E-state index in [2.05, 4.69) is 17.1 Å². The van der Waals surface area contributed by atoms with Crippen LogP contribution in [0.1, 0.15) is 71.1 Å². The van der Waals surface area contributed by atoms with Crippen LogP contribution in [-0.4, -0.2) is 48.8 Å². The van der Waals surface area contributed by atoms with E-state index in [1.807, 2.05) is 0 Å². The van der Waals surface area contributed by atoms with E-state index in [9.17, 15) is 0 Å². The van der Waals surface area contributed by atoms with E-state index in [1.54, 1.807) is 0 Å². The minimum Gasteiger partial charge on any atom is -0.378 e. The first kappa shape index (κ1) is 15.8. The van der Waals surface area contributed by atoms with Crippen molar-refractivity contribution in [3.05, 3.63) is 0 Å². The third-order valence-corrected chi connectivity index (χ3v) is 6.03. The Balaban J connectivity index is 1.51. The maximum atomic E-state index is 5.69. The van der Waals surface area contributed by atoms with Crippen molar-refractivity contribution in [3.63, 3.8) is 0 Å². The molecule has 21 heavy (non-hydrogen) atoms. The molecule has 1 N–H and O–H groups in total. The van der Waals surface area contributed by atoms with E-state index in [0.717, 1.165) is 6.61 Å². The van der Waals surface area contributed by atoms with Crippen LogP contribution in [0.4, 0.5) is 0 Å². The standard InChI is InChI=1S/C18H34N2O/c1-2-21-17-13-16(14-17)19-15-18(9-5-3-6-10-18)20-11-7-4-8-12-20/h16-17,19H,2-15H2,1H3. The molecule has 3 nitrogen and oxygen atoms in total. The van der Waals surface area contributed by atoms with Gasteiger partial charge in [-0.1, -0.05) is 25.7 Å². The van der Waals surface area contributed by atoms with Gasteiger partial charge < -0.3 is 10.1 Å². The molecule has 0 unspecified atom stereocenters. The number of nitrogens with zero attached hydrogens (tertiary/aromatic N) is 1. The summed E-state index contributed by atoms with van der Waals surface area (Å²) in [4.78, 5) is 2.85. The highest BCUT2D eigenvalue weighted by atomic mass is 16.5. The number of rotatable bonds is 6. The zero-order valence-electron chi connectivity index (χ0n) is 13.9. The van der Waals surface area contributed by atoms with E-state index < -0.39 is 0 Å². The fourth-order valence-corrected chi connectivity index (χ4v) is 4.62. The second-order valence-corrected chi connectivity index (χ2v) is 7.46. The minimum atomic E-state index is 0.482. The van der Waals surface area contributed by atoms with Gasteiger partial charge in [0.25, 0.3) is 0 Å². The van der Waals surface area contributed by atoms with Gasteiger partial charge in [-0.25, -0.2) is 0 Å². The van der Waals surface area contributed by atoms with Crippen LogP contribution >= 0.6 is 0 Å². The van der Waals surface area contributed by atoms with Crippen LogP contribution < -0.4 is 5.32 Å². The van der Waals surface area contributed by atoms with E-state index in [4.69, 9.17) is 4.74 Å². The average molecular weight is 294 g/mol. The van der Waals surface area contributed by atoms with Gasteiger partial charge in [0.05, 0.1) is 6.10 Å². The van der Waals surface area contributed by atoms with E-state index in [0.29, 0.717) is 17.7 Å². The van der Waals surface area contributed by atoms with Crippen molar-refractivity contribution < 1.29 is 4.74 Å². The molecule has 0 amide bonds. The van der Waals surface area contributed by atoms with Crippen molar-refractivity contribution in [3.8, 4) is 0 Å². The lowest BCUT2D eigenvalue weighted by atomic mass is 9.78. The summed E-state index contributed by atoms with van der Waals surface area (Å²) in [5.41, 5.74) is 0.482. The molecule has 2 saturated carbocycles. The third-order valence-electron chi connectivity index (χ3n) is 6.03. The maximum Gasteiger partial charge on any atom is 0.0604 e. The molecule has 0 aromatic carbocycles. The van der Waals surface area contributed by atoms with Gasteiger partial charge in [0.2, 0.25) is 0 Å². The van der Waals surface area contributed by atoms with Gasteiger partial charge in [0.15, 0.2) is 0 Å². The average Bonchev–Trinajstić information content (AvgIpc) is 2.51. The number of hydrogen-bond donors (Lipinski definition) is 1. The molecule has 3 fully saturated rings. The van der Waals surface area contributed by atoms with Gasteiger partial charge >= 0.3 is 0 Å². The third kappa shape index (κ3) is 3.80. The summed E-state index contributed by atoms with van der Waals surface area (Å²) < 4.78 is 5.69. The van der Waals surface area contributed by atoms with Crippen molar-refractivity contribution >= 4 is 0 Å². The molecule has 0 aromatic heterocycles. The minimum absolute atomic E-state index is 0.482. The van der Waals surface area contributed by atoms with Crippen molar-refractivity contribution in [2.45, 2.75) is 88.8 Å². The summed E-state index contributed by atoms with van der Waals surface area (Å²) in [6.07, 6.45) is 14.4. The molecule has 3 heteroatoms. The Hall–Kier alpha value is -0.120. The topological polar surface area (TPSA) is 24.5 Å². The molecule has 1 aliphatic heterocycles. The summed E-state index contributed by atoms with van der Waals surface area (Å²) in [7, 11) is 0. The highest BCUT2D eigenvalue weighted by molar-refractivity contribution is 4.98. The number of piperidine rings is 1. The SMILES string of the molecule is CCOC1CC(NCC2(N3CCCCC3)CCCCC2)C1. The highest BCUT2D eigenvalue weighted by Crippen LogP contribution is 2.36. The van der Waals surface area contributed by atoms with Crippen LogP contribution in [0.3, 0.4) is 0 Å². The van der Waals surface area contributed by atoms with Crippen LogP contribution in [0.2, 0.25) is 0 Å². The Bertz CT molecular complexity index is 302. The maximum absolute atomic E-state index is 5.69. The van der Waals surface area contributed by atoms with E-state index in [1.165, 1.54) is 83.8 Å². The lowest BCUT2D eigenvalue weighted by molar-refractivity contribution is -0.0199. The van der Waals surface area contributed by atoms with Gasteiger partial charge in [-0.15, -0.1) is 0 Å². The van der Waals surface area contributed by atoms with Gasteiger partial charge in [-0.05, 0) is 58.5 Å². The quantitative estimate of drug-likeness (QED) is 0.813. The van der Waals surface area contributed by atoms with E-state index in [-0.39, 0.29) is 0 Å². The molecule has 1 saturated heterocycles. The molecule has 0 radical (unpaired) electrons. The molecule has 3 rings (SSSR count). The summed E-state index contributed by atoms with van der Waals surface area (Å²) in [6, 6.07) is 0.713. The molecule has 122 valence electrons. The summed E-state index contributed by atoms with van der Waals surface area (Å²) >= 11 is 0. The van der Waals surface area contributed by atoms with Crippen molar-refractivity contribution in [2.24, 2.45) is 0 Å². The Labute approximate surface area is 130 Å². The lowest BCUT2D eigenvalue weighted by Gasteiger charge is -2.50. The second-order valence-electron chi connectivity index (χ2n) is 7.46. The normalized spacial score (nSPS) is 33.6. The predicted molar refractivity (Wildman–Crippen MR) is 87.7 cm³/mol. The monoisotopic (exact) mass is 294 g/mol. The van der Waals surface area contributed by atoms with Crippen LogP contribution in [-0.2, 0) is 4.74 Å². The zero-order valence-corrected chi connectivity index (χ0v) is 13.9. The highest BCUT2D eigenvalue weighted by Gasteiger charge is 2.39. The van der Waals surface area contributed by atoms with E-state index >= 15 is 0 Å². The smallest absolute Gasteiger partial charge is 0.0604 e. The first-order valence-corrected chi connectivity index (χ1v) is 9.42. The molecule has 2 aliphatic carbocycles. The molecule has 0 bridgehead atoms. The first-order chi connectivity index (χ1) is 10.3. The Morgan fingerprint density at radius 3 is 2.33 bits per heavy atom. The Kier molecular flexibility index (Phi) is 5.58. The van der Waals surface area contributed by atoms with Crippen LogP contribution in [0, 0.1) is 0 Å². The summed E-state index contributed by atoms with van der Waals surface area (Å²) in [5, 5.41) is 3.89. The fraction of sp³-hybridized carbons (Fsp3) is 1.00. The molecular formula is C18H34N2O. The fourth-order valence-electron chi connectivity index (χ4n) is 4.62. The summed E-state index contributed by atoms with van der Waals surface area (Å²) in [6.45, 7) is 6.88. The second kappa shape index (κ2) is 7.43. The molecule has 0 atom stereocenters. The molecular weight excluding hydrogens is 260 g/mol. The predicted octanol–water partition coefficient (Wildman–Crippen LogP) is 3.33. The van der Waals surface area contributed by atoms with Gasteiger partial charge in [0, 0.05) is 24.7 Å². The van der Waals surface area contributed by atoms with Gasteiger partial charge in [0.1, 0.15) is 0 Å². The number of hydrogen-bond acceptors (Lipinski definition) is 3. The number of likely N-dealkylation sites (tertiary alicyclic amines) is 1. The largest absolute Gasteiger partial charge is 0.378 e. The van der Waals surface area contributed by atoms with Crippen molar-refractivity contribution in [1.29, 1.82) is 0 Å². The van der Waals surface area contributed by atoms with Gasteiger partial charge in [-0.3, -0.25) is 4.90 Å². The van der Waals surface area contributed by atoms with Crippen LogP contribution in [0.5, 0.6) is 0 Å². The van der Waals surface area contributed by atoms with Crippen LogP contribution in [0.25, 0.3) is 0 Å². The molecule has 1 heterocycles. The molecule has 3 aliphatic rings. The summed E-state index contributed by atoms with van der Waals surface area (Å²) in [5.74, 6) is 0. The Morgan fingerprint density at radius 1 is 1.00 bits per heavy atom. The first-order valence-electron chi connectivity index (χ1n) is 9.42. The lowest BCUT2D eigenvalue weighted by Crippen LogP contribution is -2.60. The van der Waals surface area contributed by atoms with Crippen molar-refractivity contribution in [1.82, 2.24) is 10.2 Å². The van der Waals surface area contributed by atoms with Crippen molar-refractivity contribution in [2.75, 3.05) is 26.2 Å². The van der Waals surface area contributed by atoms with Gasteiger partial charge in [-0.2, -0.15) is 0 Å². The molecule has 0 spiro atoms.